The minimum Gasteiger partial charge on any atom is -0.497 e. The highest BCUT2D eigenvalue weighted by molar-refractivity contribution is 5.95. The van der Waals surface area contributed by atoms with E-state index in [0.29, 0.717) is 19.2 Å². The lowest BCUT2D eigenvalue weighted by atomic mass is 10.1. The quantitative estimate of drug-likeness (QED) is 0.475. The molecule has 2 N–H and O–H groups in total. The molecule has 2 aromatic carbocycles. The van der Waals surface area contributed by atoms with Crippen molar-refractivity contribution in [1.29, 1.82) is 0 Å². The fourth-order valence-electron chi connectivity index (χ4n) is 4.56. The van der Waals surface area contributed by atoms with Crippen LogP contribution in [0.4, 0.5) is 5.69 Å². The van der Waals surface area contributed by atoms with Crippen LogP contribution in [0.5, 0.6) is 11.5 Å². The van der Waals surface area contributed by atoms with Crippen molar-refractivity contribution < 1.29 is 14.3 Å². The lowest BCUT2D eigenvalue weighted by Crippen LogP contribution is -2.30. The third-order valence-electron chi connectivity index (χ3n) is 6.67. The van der Waals surface area contributed by atoms with E-state index in [4.69, 9.17) is 14.5 Å². The molecule has 178 valence electrons. The number of ether oxygens (including phenoxy) is 2. The SMILES string of the molecule is CNC(=O)C1CCN(c2cc(-c3ccc(OCCNC4CC4)cc3)nc3cc(OC)ccc23)C1. The number of carbonyl (C=O) groups excluding carboxylic acids is 1. The maximum Gasteiger partial charge on any atom is 0.224 e. The van der Waals surface area contributed by atoms with Gasteiger partial charge in [-0.2, -0.15) is 0 Å². The van der Waals surface area contributed by atoms with Gasteiger partial charge in [0.25, 0.3) is 0 Å². The van der Waals surface area contributed by atoms with Crippen LogP contribution >= 0.6 is 0 Å². The highest BCUT2D eigenvalue weighted by Crippen LogP contribution is 2.35. The summed E-state index contributed by atoms with van der Waals surface area (Å²) in [7, 11) is 3.37. The van der Waals surface area contributed by atoms with Gasteiger partial charge in [0, 0.05) is 55.4 Å². The Labute approximate surface area is 200 Å². The maximum atomic E-state index is 12.2. The van der Waals surface area contributed by atoms with Gasteiger partial charge >= 0.3 is 0 Å². The molecule has 1 amide bonds. The van der Waals surface area contributed by atoms with Crippen molar-refractivity contribution in [3.63, 3.8) is 0 Å². The van der Waals surface area contributed by atoms with Crippen molar-refractivity contribution in [3.05, 3.63) is 48.5 Å². The first-order valence-corrected chi connectivity index (χ1v) is 12.1. The monoisotopic (exact) mass is 460 g/mol. The summed E-state index contributed by atoms with van der Waals surface area (Å²) in [6, 6.07) is 16.9. The highest BCUT2D eigenvalue weighted by Gasteiger charge is 2.29. The van der Waals surface area contributed by atoms with Crippen LogP contribution in [0.1, 0.15) is 19.3 Å². The molecule has 2 heterocycles. The predicted molar refractivity (Wildman–Crippen MR) is 135 cm³/mol. The van der Waals surface area contributed by atoms with Gasteiger partial charge in [0.15, 0.2) is 0 Å². The Hall–Kier alpha value is -3.32. The number of hydrogen-bond acceptors (Lipinski definition) is 6. The minimum atomic E-state index is 0.000695. The molecule has 34 heavy (non-hydrogen) atoms. The Morgan fingerprint density at radius 1 is 1.09 bits per heavy atom. The number of aromatic nitrogens is 1. The van der Waals surface area contributed by atoms with E-state index in [-0.39, 0.29) is 11.8 Å². The number of nitrogens with zero attached hydrogens (tertiary/aromatic N) is 2. The average molecular weight is 461 g/mol. The molecule has 0 bridgehead atoms. The minimum absolute atomic E-state index is 0.000695. The summed E-state index contributed by atoms with van der Waals surface area (Å²) in [5.74, 6) is 1.74. The van der Waals surface area contributed by atoms with Crippen LogP contribution < -0.4 is 25.0 Å². The van der Waals surface area contributed by atoms with E-state index in [2.05, 4.69) is 39.8 Å². The molecule has 5 rings (SSSR count). The molecular formula is C27H32N4O3. The molecule has 1 unspecified atom stereocenters. The van der Waals surface area contributed by atoms with Crippen LogP contribution in [0.25, 0.3) is 22.2 Å². The number of hydrogen-bond donors (Lipinski definition) is 2. The number of carbonyl (C=O) groups is 1. The third kappa shape index (κ3) is 4.94. The van der Waals surface area contributed by atoms with Crippen LogP contribution in [-0.2, 0) is 4.79 Å². The van der Waals surface area contributed by atoms with Crippen molar-refractivity contribution in [2.45, 2.75) is 25.3 Å². The van der Waals surface area contributed by atoms with E-state index in [1.165, 1.54) is 12.8 Å². The Bertz CT molecular complexity index is 1160. The number of nitrogens with one attached hydrogen (secondary N) is 2. The van der Waals surface area contributed by atoms with Gasteiger partial charge in [-0.15, -0.1) is 0 Å². The van der Waals surface area contributed by atoms with Crippen LogP contribution in [-0.4, -0.2) is 57.3 Å². The topological polar surface area (TPSA) is 75.7 Å². The average Bonchev–Trinajstić information content (AvgIpc) is 3.58. The first kappa shape index (κ1) is 22.5. The number of anilines is 1. The fraction of sp³-hybridized carbons (Fsp3) is 0.407. The predicted octanol–water partition coefficient (Wildman–Crippen LogP) is 3.61. The number of rotatable bonds is 9. The molecule has 0 radical (unpaired) electrons. The second-order valence-electron chi connectivity index (χ2n) is 9.06. The summed E-state index contributed by atoms with van der Waals surface area (Å²) in [6.07, 6.45) is 3.41. The molecule has 1 aromatic heterocycles. The van der Waals surface area contributed by atoms with Crippen molar-refractivity contribution in [2.75, 3.05) is 45.3 Å². The molecular weight excluding hydrogens is 428 g/mol. The molecule has 2 aliphatic rings. The summed E-state index contributed by atoms with van der Waals surface area (Å²) in [4.78, 5) is 19.5. The van der Waals surface area contributed by atoms with Gasteiger partial charge < -0.3 is 25.0 Å². The lowest BCUT2D eigenvalue weighted by molar-refractivity contribution is -0.123. The van der Waals surface area contributed by atoms with Gasteiger partial charge in [-0.1, -0.05) is 0 Å². The molecule has 1 aliphatic carbocycles. The molecule has 7 heteroatoms. The summed E-state index contributed by atoms with van der Waals surface area (Å²) in [6.45, 7) is 3.07. The van der Waals surface area contributed by atoms with E-state index in [1.807, 2.05) is 24.3 Å². The van der Waals surface area contributed by atoms with E-state index in [9.17, 15) is 4.79 Å². The number of benzene rings is 2. The highest BCUT2D eigenvalue weighted by atomic mass is 16.5. The van der Waals surface area contributed by atoms with Crippen LogP contribution in [0.2, 0.25) is 0 Å². The summed E-state index contributed by atoms with van der Waals surface area (Å²) >= 11 is 0. The number of methoxy groups -OCH3 is 1. The van der Waals surface area contributed by atoms with E-state index in [0.717, 1.165) is 58.9 Å². The van der Waals surface area contributed by atoms with Crippen molar-refractivity contribution in [3.8, 4) is 22.8 Å². The zero-order valence-electron chi connectivity index (χ0n) is 19.8. The molecule has 1 saturated heterocycles. The van der Waals surface area contributed by atoms with Gasteiger partial charge in [0.2, 0.25) is 5.91 Å². The van der Waals surface area contributed by atoms with E-state index < -0.39 is 0 Å². The standard InChI is InChI=1S/C27H32N4O3/c1-28-27(32)19-11-13-31(17-19)26-16-24(30-25-15-22(33-2)9-10-23(25)26)18-3-7-21(8-4-18)34-14-12-29-20-5-6-20/h3-4,7-10,15-16,19-20,29H,5-6,11-14,17H2,1-2H3,(H,28,32). The Morgan fingerprint density at radius 3 is 2.62 bits per heavy atom. The molecule has 0 spiro atoms. The Morgan fingerprint density at radius 2 is 1.88 bits per heavy atom. The Balaban J connectivity index is 1.41. The first-order chi connectivity index (χ1) is 16.6. The van der Waals surface area contributed by atoms with Gasteiger partial charge in [0.05, 0.1) is 24.2 Å². The molecule has 1 atom stereocenters. The zero-order chi connectivity index (χ0) is 23.5. The van der Waals surface area contributed by atoms with Crippen molar-refractivity contribution in [2.24, 2.45) is 5.92 Å². The van der Waals surface area contributed by atoms with Crippen molar-refractivity contribution in [1.82, 2.24) is 15.6 Å². The van der Waals surface area contributed by atoms with Gasteiger partial charge in [-0.25, -0.2) is 4.98 Å². The van der Waals surface area contributed by atoms with Gasteiger partial charge in [-0.05, 0) is 61.7 Å². The van der Waals surface area contributed by atoms with Crippen LogP contribution in [0, 0.1) is 5.92 Å². The van der Waals surface area contributed by atoms with Gasteiger partial charge in [0.1, 0.15) is 18.1 Å². The first-order valence-electron chi connectivity index (χ1n) is 12.1. The largest absolute Gasteiger partial charge is 0.497 e. The molecule has 1 aliphatic heterocycles. The van der Waals surface area contributed by atoms with E-state index in [1.54, 1.807) is 14.2 Å². The molecule has 3 aromatic rings. The van der Waals surface area contributed by atoms with Crippen LogP contribution in [0.3, 0.4) is 0 Å². The second-order valence-corrected chi connectivity index (χ2v) is 9.06. The number of pyridine rings is 1. The smallest absolute Gasteiger partial charge is 0.224 e. The number of amides is 1. The zero-order valence-corrected chi connectivity index (χ0v) is 19.8. The number of fused-ring (bicyclic) bond motifs is 1. The third-order valence-corrected chi connectivity index (χ3v) is 6.67. The maximum absolute atomic E-state index is 12.2. The summed E-state index contributed by atoms with van der Waals surface area (Å²) in [5, 5.41) is 7.31. The molecule has 1 saturated carbocycles. The molecule has 7 nitrogen and oxygen atoms in total. The van der Waals surface area contributed by atoms with E-state index >= 15 is 0 Å². The van der Waals surface area contributed by atoms with Crippen molar-refractivity contribution >= 4 is 22.5 Å². The Kier molecular flexibility index (Phi) is 6.54. The summed E-state index contributed by atoms with van der Waals surface area (Å²) < 4.78 is 11.3. The fourth-order valence-corrected chi connectivity index (χ4v) is 4.56. The van der Waals surface area contributed by atoms with Crippen LogP contribution in [0.15, 0.2) is 48.5 Å². The molecule has 2 fully saturated rings. The lowest BCUT2D eigenvalue weighted by Gasteiger charge is -2.22. The normalized spacial score (nSPS) is 17.7. The second kappa shape index (κ2) is 9.89. The summed E-state index contributed by atoms with van der Waals surface area (Å²) in [5.41, 5.74) is 3.89. The van der Waals surface area contributed by atoms with Gasteiger partial charge in [-0.3, -0.25) is 4.79 Å².